The SMILES string of the molecule is CCc1cc2cccc(-c3cnc4ccccc4c3)c2c(=O)n1C1=CCCC=C1. The normalized spacial score (nSPS) is 13.8. The third-order valence-electron chi connectivity index (χ3n) is 5.62. The Balaban J connectivity index is 1.81. The number of allylic oxidation sites excluding steroid dienone is 4. The smallest absolute Gasteiger partial charge is 0.263 e. The number of aromatic nitrogens is 2. The number of pyridine rings is 2. The Morgan fingerprint density at radius 3 is 2.69 bits per heavy atom. The van der Waals surface area contributed by atoms with Crippen molar-refractivity contribution < 1.29 is 0 Å². The number of benzene rings is 2. The van der Waals surface area contributed by atoms with E-state index < -0.39 is 0 Å². The molecule has 1 aliphatic rings. The van der Waals surface area contributed by atoms with E-state index in [4.69, 9.17) is 0 Å². The molecule has 29 heavy (non-hydrogen) atoms. The minimum absolute atomic E-state index is 0.0425. The van der Waals surface area contributed by atoms with E-state index >= 15 is 0 Å². The van der Waals surface area contributed by atoms with E-state index in [1.165, 1.54) is 0 Å². The van der Waals surface area contributed by atoms with Gasteiger partial charge in [0.25, 0.3) is 5.56 Å². The first-order valence-corrected chi connectivity index (χ1v) is 10.2. The molecule has 0 radical (unpaired) electrons. The standard InChI is InChI=1S/C26H22N2O/c1-2-21-16-19-10-8-13-23(20-15-18-9-6-7-14-24(18)27-17-20)25(19)26(29)28(21)22-11-4-3-5-12-22/h4,6-17H,2-3,5H2,1H3. The third-order valence-corrected chi connectivity index (χ3v) is 5.62. The van der Waals surface area contributed by atoms with Crippen LogP contribution in [0.15, 0.2) is 83.8 Å². The fraction of sp³-hybridized carbons (Fsp3) is 0.154. The molecule has 2 aromatic heterocycles. The largest absolute Gasteiger partial charge is 0.281 e. The molecule has 0 aliphatic heterocycles. The number of rotatable bonds is 3. The van der Waals surface area contributed by atoms with Crippen LogP contribution in [0.3, 0.4) is 0 Å². The van der Waals surface area contributed by atoms with Crippen LogP contribution in [0, 0.1) is 0 Å². The summed E-state index contributed by atoms with van der Waals surface area (Å²) in [5.41, 5.74) is 4.92. The van der Waals surface area contributed by atoms with Crippen molar-refractivity contribution in [2.45, 2.75) is 26.2 Å². The minimum Gasteiger partial charge on any atom is -0.281 e. The van der Waals surface area contributed by atoms with E-state index in [0.29, 0.717) is 0 Å². The predicted molar refractivity (Wildman–Crippen MR) is 121 cm³/mol. The highest BCUT2D eigenvalue weighted by molar-refractivity contribution is 5.98. The lowest BCUT2D eigenvalue weighted by Crippen LogP contribution is -2.23. The van der Waals surface area contributed by atoms with Crippen LogP contribution < -0.4 is 5.56 Å². The van der Waals surface area contributed by atoms with Crippen molar-refractivity contribution in [1.29, 1.82) is 0 Å². The van der Waals surface area contributed by atoms with Crippen LogP contribution in [0.2, 0.25) is 0 Å². The quantitative estimate of drug-likeness (QED) is 0.440. The Bertz CT molecular complexity index is 1360. The van der Waals surface area contributed by atoms with Crippen molar-refractivity contribution in [2.75, 3.05) is 0 Å². The van der Waals surface area contributed by atoms with E-state index in [9.17, 15) is 4.79 Å². The summed E-state index contributed by atoms with van der Waals surface area (Å²) in [6.45, 7) is 2.10. The fourth-order valence-corrected chi connectivity index (χ4v) is 4.18. The van der Waals surface area contributed by atoms with E-state index in [-0.39, 0.29) is 5.56 Å². The number of hydrogen-bond donors (Lipinski definition) is 0. The summed E-state index contributed by atoms with van der Waals surface area (Å²) in [5, 5.41) is 2.81. The van der Waals surface area contributed by atoms with Crippen molar-refractivity contribution >= 4 is 27.4 Å². The summed E-state index contributed by atoms with van der Waals surface area (Å²) in [6, 6.07) is 18.4. The highest BCUT2D eigenvalue weighted by Crippen LogP contribution is 2.29. The molecule has 0 fully saturated rings. The molecule has 5 rings (SSSR count). The number of hydrogen-bond acceptors (Lipinski definition) is 2. The Labute approximate surface area is 169 Å². The minimum atomic E-state index is 0.0425. The van der Waals surface area contributed by atoms with Gasteiger partial charge in [0, 0.05) is 28.5 Å². The molecule has 0 atom stereocenters. The zero-order valence-corrected chi connectivity index (χ0v) is 16.4. The lowest BCUT2D eigenvalue weighted by atomic mass is 9.98. The Morgan fingerprint density at radius 2 is 1.86 bits per heavy atom. The van der Waals surface area contributed by atoms with Gasteiger partial charge in [0.2, 0.25) is 0 Å². The maximum absolute atomic E-state index is 13.7. The van der Waals surface area contributed by atoms with Crippen LogP contribution in [0.4, 0.5) is 0 Å². The monoisotopic (exact) mass is 378 g/mol. The van der Waals surface area contributed by atoms with Gasteiger partial charge in [-0.1, -0.05) is 55.5 Å². The molecule has 0 bridgehead atoms. The molecule has 4 aromatic rings. The second kappa shape index (κ2) is 7.17. The number of nitrogens with zero attached hydrogens (tertiary/aromatic N) is 2. The molecule has 0 saturated carbocycles. The zero-order chi connectivity index (χ0) is 19.8. The summed E-state index contributed by atoms with van der Waals surface area (Å²) >= 11 is 0. The van der Waals surface area contributed by atoms with Crippen LogP contribution in [-0.2, 0) is 6.42 Å². The van der Waals surface area contributed by atoms with Crippen molar-refractivity contribution in [1.82, 2.24) is 9.55 Å². The lowest BCUT2D eigenvalue weighted by molar-refractivity contribution is 0.895. The molecule has 142 valence electrons. The van der Waals surface area contributed by atoms with Gasteiger partial charge < -0.3 is 0 Å². The highest BCUT2D eigenvalue weighted by Gasteiger charge is 2.15. The molecular formula is C26H22N2O. The summed E-state index contributed by atoms with van der Waals surface area (Å²) in [7, 11) is 0. The number of para-hydroxylation sites is 1. The average molecular weight is 378 g/mol. The second-order valence-electron chi connectivity index (χ2n) is 7.42. The summed E-state index contributed by atoms with van der Waals surface area (Å²) in [5.74, 6) is 0. The average Bonchev–Trinajstić information content (AvgIpc) is 2.78. The maximum Gasteiger partial charge on any atom is 0.263 e. The lowest BCUT2D eigenvalue weighted by Gasteiger charge is -2.17. The molecule has 3 heteroatoms. The first kappa shape index (κ1) is 17.6. The predicted octanol–water partition coefficient (Wildman–Crippen LogP) is 5.97. The topological polar surface area (TPSA) is 34.9 Å². The van der Waals surface area contributed by atoms with Gasteiger partial charge in [0.1, 0.15) is 0 Å². The Kier molecular flexibility index (Phi) is 4.36. The third kappa shape index (κ3) is 2.99. The fourth-order valence-electron chi connectivity index (χ4n) is 4.18. The molecule has 2 heterocycles. The van der Waals surface area contributed by atoms with E-state index in [1.807, 2.05) is 47.2 Å². The molecular weight excluding hydrogens is 356 g/mol. The van der Waals surface area contributed by atoms with Crippen molar-refractivity contribution in [3.8, 4) is 11.1 Å². The van der Waals surface area contributed by atoms with Gasteiger partial charge in [0.05, 0.1) is 10.9 Å². The van der Waals surface area contributed by atoms with Crippen LogP contribution >= 0.6 is 0 Å². The summed E-state index contributed by atoms with van der Waals surface area (Å²) in [4.78, 5) is 18.3. The summed E-state index contributed by atoms with van der Waals surface area (Å²) in [6.07, 6.45) is 11.0. The molecule has 0 saturated heterocycles. The van der Waals surface area contributed by atoms with Gasteiger partial charge in [0.15, 0.2) is 0 Å². The van der Waals surface area contributed by atoms with Crippen LogP contribution in [-0.4, -0.2) is 9.55 Å². The van der Waals surface area contributed by atoms with E-state index in [0.717, 1.165) is 63.5 Å². The van der Waals surface area contributed by atoms with Gasteiger partial charge in [-0.3, -0.25) is 14.3 Å². The van der Waals surface area contributed by atoms with Crippen LogP contribution in [0.25, 0.3) is 38.5 Å². The second-order valence-corrected chi connectivity index (χ2v) is 7.42. The first-order chi connectivity index (χ1) is 14.3. The van der Waals surface area contributed by atoms with Crippen molar-refractivity contribution in [3.05, 3.63) is 95.1 Å². The molecule has 1 aliphatic carbocycles. The van der Waals surface area contributed by atoms with Gasteiger partial charge in [-0.05, 0) is 54.5 Å². The van der Waals surface area contributed by atoms with Gasteiger partial charge in [-0.25, -0.2) is 0 Å². The summed E-state index contributed by atoms with van der Waals surface area (Å²) < 4.78 is 1.88. The molecule has 0 N–H and O–H groups in total. The molecule has 3 nitrogen and oxygen atoms in total. The molecule has 0 amide bonds. The highest BCUT2D eigenvalue weighted by atomic mass is 16.1. The first-order valence-electron chi connectivity index (χ1n) is 10.2. The Hall–Kier alpha value is -3.46. The number of aryl methyl sites for hydroxylation is 1. The van der Waals surface area contributed by atoms with Crippen LogP contribution in [0.5, 0.6) is 0 Å². The number of fused-ring (bicyclic) bond motifs is 2. The van der Waals surface area contributed by atoms with Gasteiger partial charge >= 0.3 is 0 Å². The van der Waals surface area contributed by atoms with Crippen molar-refractivity contribution in [2.24, 2.45) is 0 Å². The Morgan fingerprint density at radius 1 is 1.00 bits per heavy atom. The van der Waals surface area contributed by atoms with Crippen LogP contribution in [0.1, 0.15) is 25.5 Å². The molecule has 0 spiro atoms. The van der Waals surface area contributed by atoms with E-state index in [1.54, 1.807) is 0 Å². The molecule has 0 unspecified atom stereocenters. The maximum atomic E-state index is 13.7. The molecule has 2 aromatic carbocycles. The van der Waals surface area contributed by atoms with Gasteiger partial charge in [-0.15, -0.1) is 0 Å². The van der Waals surface area contributed by atoms with Gasteiger partial charge in [-0.2, -0.15) is 0 Å². The van der Waals surface area contributed by atoms with Crippen molar-refractivity contribution in [3.63, 3.8) is 0 Å². The van der Waals surface area contributed by atoms with E-state index in [2.05, 4.69) is 48.3 Å². The zero-order valence-electron chi connectivity index (χ0n) is 16.4.